The van der Waals surface area contributed by atoms with Crippen LogP contribution in [0.15, 0.2) is 24.3 Å². The summed E-state index contributed by atoms with van der Waals surface area (Å²) >= 11 is 0. The van der Waals surface area contributed by atoms with Gasteiger partial charge in [0.15, 0.2) is 0 Å². The van der Waals surface area contributed by atoms with Gasteiger partial charge in [0.2, 0.25) is 11.7 Å². The first kappa shape index (κ1) is 19.3. The maximum Gasteiger partial charge on any atom is 0.243 e. The fourth-order valence-electron chi connectivity index (χ4n) is 2.83. The Morgan fingerprint density at radius 1 is 1.28 bits per heavy atom. The number of carbonyl (C=O) groups excluding carboxylic acids is 1. The van der Waals surface area contributed by atoms with Crippen LogP contribution in [-0.2, 0) is 11.3 Å². The van der Waals surface area contributed by atoms with Gasteiger partial charge in [-0.3, -0.25) is 4.79 Å². The fourth-order valence-corrected chi connectivity index (χ4v) is 2.83. The van der Waals surface area contributed by atoms with E-state index in [4.69, 9.17) is 0 Å². The van der Waals surface area contributed by atoms with E-state index in [2.05, 4.69) is 33.0 Å². The summed E-state index contributed by atoms with van der Waals surface area (Å²) in [6, 6.07) is 7.91. The molecule has 0 spiro atoms. The third-order valence-corrected chi connectivity index (χ3v) is 4.57. The Bertz CT molecular complexity index is 693. The van der Waals surface area contributed by atoms with Crippen molar-refractivity contribution in [2.45, 2.75) is 33.2 Å². The number of carbonyl (C=O) groups is 1. The zero-order valence-electron chi connectivity index (χ0n) is 14.7. The number of rotatable bonds is 5. The number of tetrazole rings is 1. The lowest BCUT2D eigenvalue weighted by molar-refractivity contribution is -0.122. The lowest BCUT2D eigenvalue weighted by Crippen LogP contribution is -2.43. The van der Waals surface area contributed by atoms with E-state index in [1.165, 1.54) is 10.4 Å². The van der Waals surface area contributed by atoms with Gasteiger partial charge in [-0.1, -0.05) is 36.8 Å². The smallest absolute Gasteiger partial charge is 0.243 e. The molecule has 136 valence electrons. The third-order valence-electron chi connectivity index (χ3n) is 4.57. The van der Waals surface area contributed by atoms with E-state index in [-0.39, 0.29) is 30.3 Å². The highest BCUT2D eigenvalue weighted by Crippen LogP contribution is 2.26. The minimum atomic E-state index is -0.0809. The largest absolute Gasteiger partial charge is 0.354 e. The van der Waals surface area contributed by atoms with Gasteiger partial charge in [-0.2, -0.15) is 4.80 Å². The molecule has 0 unspecified atom stereocenters. The van der Waals surface area contributed by atoms with E-state index < -0.39 is 0 Å². The summed E-state index contributed by atoms with van der Waals surface area (Å²) in [7, 11) is 0. The zero-order chi connectivity index (χ0) is 17.0. The summed E-state index contributed by atoms with van der Waals surface area (Å²) in [5, 5.41) is 18.6. The van der Waals surface area contributed by atoms with Crippen molar-refractivity contribution in [2.75, 3.05) is 19.6 Å². The van der Waals surface area contributed by atoms with Crippen LogP contribution in [0.4, 0.5) is 0 Å². The average molecular weight is 365 g/mol. The standard InChI is InChI=1S/C17H24N6O.ClH/c1-13-3-5-14(6-4-13)16-20-22-23(21-16)11-15(24)19-12-17(2)7-9-18-10-8-17;/h3-6,18H,7-12H2,1-2H3,(H,19,24);1H. The Balaban J connectivity index is 0.00000225. The quantitative estimate of drug-likeness (QED) is 0.841. The van der Waals surface area contributed by atoms with Gasteiger partial charge in [0.05, 0.1) is 0 Å². The molecule has 0 bridgehead atoms. The minimum Gasteiger partial charge on any atom is -0.354 e. The van der Waals surface area contributed by atoms with Crippen LogP contribution in [0.1, 0.15) is 25.3 Å². The van der Waals surface area contributed by atoms with E-state index in [1.54, 1.807) is 0 Å². The predicted octanol–water partition coefficient (Wildman–Crippen LogP) is 1.58. The molecule has 1 aromatic carbocycles. The SMILES string of the molecule is Cc1ccc(-c2nnn(CC(=O)NCC3(C)CCNCC3)n2)cc1.Cl. The summed E-state index contributed by atoms with van der Waals surface area (Å²) in [4.78, 5) is 13.5. The number of nitrogens with one attached hydrogen (secondary N) is 2. The summed E-state index contributed by atoms with van der Waals surface area (Å²) in [6.07, 6.45) is 2.15. The van der Waals surface area contributed by atoms with Gasteiger partial charge in [-0.05, 0) is 43.5 Å². The molecule has 2 heterocycles. The molecule has 2 aromatic rings. The van der Waals surface area contributed by atoms with Crippen LogP contribution in [0.5, 0.6) is 0 Å². The molecule has 1 aliphatic heterocycles. The molecule has 1 aliphatic rings. The van der Waals surface area contributed by atoms with Crippen molar-refractivity contribution in [3.05, 3.63) is 29.8 Å². The monoisotopic (exact) mass is 364 g/mol. The van der Waals surface area contributed by atoms with Gasteiger partial charge in [0.1, 0.15) is 6.54 Å². The Kier molecular flexibility index (Phi) is 6.50. The third kappa shape index (κ3) is 5.24. The number of hydrogen-bond donors (Lipinski definition) is 2. The number of aromatic nitrogens is 4. The maximum atomic E-state index is 12.1. The second kappa shape index (κ2) is 8.40. The van der Waals surface area contributed by atoms with Crippen molar-refractivity contribution in [3.8, 4) is 11.4 Å². The van der Waals surface area contributed by atoms with Crippen molar-refractivity contribution in [1.29, 1.82) is 0 Å². The highest BCUT2D eigenvalue weighted by Gasteiger charge is 2.27. The molecule has 1 saturated heterocycles. The topological polar surface area (TPSA) is 84.7 Å². The fraction of sp³-hybridized carbons (Fsp3) is 0.529. The molecule has 1 amide bonds. The van der Waals surface area contributed by atoms with E-state index in [0.29, 0.717) is 12.4 Å². The summed E-state index contributed by atoms with van der Waals surface area (Å²) in [5.41, 5.74) is 2.25. The molecule has 3 rings (SSSR count). The van der Waals surface area contributed by atoms with Crippen molar-refractivity contribution in [1.82, 2.24) is 30.8 Å². The first-order valence-electron chi connectivity index (χ1n) is 8.36. The number of halogens is 1. The Morgan fingerprint density at radius 3 is 2.64 bits per heavy atom. The number of amides is 1. The molecule has 1 fully saturated rings. The van der Waals surface area contributed by atoms with Crippen LogP contribution in [0.25, 0.3) is 11.4 Å². The van der Waals surface area contributed by atoms with Crippen LogP contribution in [0.2, 0.25) is 0 Å². The highest BCUT2D eigenvalue weighted by atomic mass is 35.5. The van der Waals surface area contributed by atoms with Crippen LogP contribution in [0.3, 0.4) is 0 Å². The normalized spacial score (nSPS) is 16.1. The molecule has 8 heteroatoms. The van der Waals surface area contributed by atoms with Crippen LogP contribution in [-0.4, -0.2) is 45.7 Å². The number of piperidine rings is 1. The zero-order valence-corrected chi connectivity index (χ0v) is 15.5. The van der Waals surface area contributed by atoms with Crippen molar-refractivity contribution in [3.63, 3.8) is 0 Å². The average Bonchev–Trinajstić information content (AvgIpc) is 3.03. The molecule has 0 radical (unpaired) electrons. The molecular formula is C17H25ClN6O. The number of hydrogen-bond acceptors (Lipinski definition) is 5. The van der Waals surface area contributed by atoms with E-state index in [9.17, 15) is 4.79 Å². The van der Waals surface area contributed by atoms with Gasteiger partial charge in [0, 0.05) is 12.1 Å². The first-order valence-corrected chi connectivity index (χ1v) is 8.36. The van der Waals surface area contributed by atoms with Crippen molar-refractivity contribution < 1.29 is 4.79 Å². The molecule has 0 atom stereocenters. The van der Waals surface area contributed by atoms with Crippen molar-refractivity contribution in [2.24, 2.45) is 5.41 Å². The summed E-state index contributed by atoms with van der Waals surface area (Å²) < 4.78 is 0. The van der Waals surface area contributed by atoms with Gasteiger partial charge >= 0.3 is 0 Å². The number of aryl methyl sites for hydroxylation is 1. The summed E-state index contributed by atoms with van der Waals surface area (Å²) in [6.45, 7) is 7.05. The van der Waals surface area contributed by atoms with E-state index in [0.717, 1.165) is 31.5 Å². The molecule has 0 aliphatic carbocycles. The second-order valence-electron chi connectivity index (χ2n) is 6.85. The van der Waals surface area contributed by atoms with Gasteiger partial charge in [0.25, 0.3) is 0 Å². The molecule has 25 heavy (non-hydrogen) atoms. The van der Waals surface area contributed by atoms with E-state index >= 15 is 0 Å². The van der Waals surface area contributed by atoms with Gasteiger partial charge in [-0.15, -0.1) is 22.6 Å². The van der Waals surface area contributed by atoms with Crippen molar-refractivity contribution >= 4 is 18.3 Å². The maximum absolute atomic E-state index is 12.1. The van der Waals surface area contributed by atoms with Gasteiger partial charge < -0.3 is 10.6 Å². The Labute approximate surface area is 154 Å². The first-order chi connectivity index (χ1) is 11.5. The predicted molar refractivity (Wildman–Crippen MR) is 98.5 cm³/mol. The number of nitrogens with zero attached hydrogens (tertiary/aromatic N) is 4. The minimum absolute atomic E-state index is 0. The molecular weight excluding hydrogens is 340 g/mol. The highest BCUT2D eigenvalue weighted by molar-refractivity contribution is 5.85. The molecule has 0 saturated carbocycles. The van der Waals surface area contributed by atoms with E-state index in [1.807, 2.05) is 31.2 Å². The van der Waals surface area contributed by atoms with Crippen LogP contribution >= 0.6 is 12.4 Å². The molecule has 1 aromatic heterocycles. The lowest BCUT2D eigenvalue weighted by Gasteiger charge is -2.34. The Hall–Kier alpha value is -1.99. The van der Waals surface area contributed by atoms with Crippen LogP contribution < -0.4 is 10.6 Å². The second-order valence-corrected chi connectivity index (χ2v) is 6.85. The Morgan fingerprint density at radius 2 is 1.96 bits per heavy atom. The van der Waals surface area contributed by atoms with Gasteiger partial charge in [-0.25, -0.2) is 0 Å². The lowest BCUT2D eigenvalue weighted by atomic mass is 9.81. The molecule has 7 nitrogen and oxygen atoms in total. The number of benzene rings is 1. The molecule has 2 N–H and O–H groups in total. The summed E-state index contributed by atoms with van der Waals surface area (Å²) in [5.74, 6) is 0.454. The van der Waals surface area contributed by atoms with Crippen LogP contribution in [0, 0.1) is 12.3 Å².